The summed E-state index contributed by atoms with van der Waals surface area (Å²) in [6.07, 6.45) is 1.44. The van der Waals surface area contributed by atoms with Crippen molar-refractivity contribution in [2.75, 3.05) is 5.73 Å². The van der Waals surface area contributed by atoms with E-state index in [1.165, 1.54) is 12.3 Å². The highest BCUT2D eigenvalue weighted by Gasteiger charge is 1.92. The molecule has 0 aromatic carbocycles. The lowest BCUT2D eigenvalue weighted by Crippen LogP contribution is -2.27. The molecule has 2 N–H and O–H groups in total. The highest BCUT2D eigenvalue weighted by molar-refractivity contribution is 5.98. The Labute approximate surface area is 59.9 Å². The maximum Gasteiger partial charge on any atom is 0.380 e. The van der Waals surface area contributed by atoms with Crippen LogP contribution in [-0.2, 0) is 0 Å². The van der Waals surface area contributed by atoms with E-state index >= 15 is 0 Å². The highest BCUT2D eigenvalue weighted by Crippen LogP contribution is 1.85. The first-order valence-electron chi connectivity index (χ1n) is 2.63. The van der Waals surface area contributed by atoms with E-state index in [4.69, 9.17) is 10.3 Å². The largest absolute Gasteiger partial charge is 0.478 e. The molecule has 0 aliphatic rings. The topological polar surface area (TPSA) is 70.1 Å². The molecule has 10 heavy (non-hydrogen) atoms. The van der Waals surface area contributed by atoms with Crippen LogP contribution < -0.4 is 16.0 Å². The first-order chi connectivity index (χ1) is 4.74. The summed E-state index contributed by atoms with van der Waals surface area (Å²) in [7, 11) is 0.455. The van der Waals surface area contributed by atoms with E-state index in [1.54, 1.807) is 0 Å². The number of rotatable bonds is 1. The molecule has 0 saturated carbocycles. The zero-order valence-electron chi connectivity index (χ0n) is 5.44. The van der Waals surface area contributed by atoms with E-state index < -0.39 is 5.69 Å². The van der Waals surface area contributed by atoms with Gasteiger partial charge >= 0.3 is 5.69 Å². The van der Waals surface area contributed by atoms with Gasteiger partial charge in [-0.25, -0.2) is 4.79 Å². The second kappa shape index (κ2) is 2.52. The third-order valence-electron chi connectivity index (χ3n) is 0.991. The summed E-state index contributed by atoms with van der Waals surface area (Å²) >= 11 is 0. The van der Waals surface area contributed by atoms with Crippen LogP contribution in [-0.4, -0.2) is 20.2 Å². The Hall–Kier alpha value is -1.30. The molecule has 0 fully saturated rings. The van der Waals surface area contributed by atoms with E-state index in [0.29, 0.717) is 10.5 Å². The summed E-state index contributed by atoms with van der Waals surface area (Å²) in [6.45, 7) is 0. The van der Waals surface area contributed by atoms with Crippen LogP contribution in [0.15, 0.2) is 17.1 Å². The summed E-state index contributed by atoms with van der Waals surface area (Å²) in [5.74, 6) is 0.208. The third-order valence-corrected chi connectivity index (χ3v) is 1.38. The van der Waals surface area contributed by atoms with Gasteiger partial charge < -0.3 is 10.3 Å². The van der Waals surface area contributed by atoms with Crippen LogP contribution in [0, 0.1) is 0 Å². The molecule has 0 spiro atoms. The van der Waals surface area contributed by atoms with Gasteiger partial charge in [-0.15, -0.1) is 0 Å². The SMILES string of the molecule is Nc1ccn(O[SiH3])c(=O)n1. The first kappa shape index (κ1) is 6.81. The Balaban J connectivity index is 3.20. The van der Waals surface area contributed by atoms with Crippen LogP contribution in [0.2, 0.25) is 0 Å². The predicted octanol–water partition coefficient (Wildman–Crippen LogP) is -2.47. The van der Waals surface area contributed by atoms with Crippen molar-refractivity contribution in [1.29, 1.82) is 0 Å². The molecule has 0 amide bonds. The second-order valence-corrected chi connectivity index (χ2v) is 2.01. The van der Waals surface area contributed by atoms with Gasteiger partial charge in [0.2, 0.25) is 10.5 Å². The second-order valence-electron chi connectivity index (χ2n) is 1.64. The molecule has 0 bridgehead atoms. The van der Waals surface area contributed by atoms with E-state index in [-0.39, 0.29) is 5.82 Å². The zero-order valence-corrected chi connectivity index (χ0v) is 7.44. The summed E-state index contributed by atoms with van der Waals surface area (Å²) in [6, 6.07) is 1.50. The fraction of sp³-hybridized carbons (Fsp3) is 0. The fourth-order valence-electron chi connectivity index (χ4n) is 0.544. The van der Waals surface area contributed by atoms with E-state index in [9.17, 15) is 4.79 Å². The van der Waals surface area contributed by atoms with Gasteiger partial charge in [0.25, 0.3) is 0 Å². The molecule has 0 unspecified atom stereocenters. The number of aromatic nitrogens is 2. The van der Waals surface area contributed by atoms with Crippen molar-refractivity contribution in [3.8, 4) is 0 Å². The van der Waals surface area contributed by atoms with Crippen LogP contribution in [0.3, 0.4) is 0 Å². The van der Waals surface area contributed by atoms with Crippen LogP contribution >= 0.6 is 0 Å². The van der Waals surface area contributed by atoms with Crippen molar-refractivity contribution < 1.29 is 4.53 Å². The predicted molar refractivity (Wildman–Crippen MR) is 39.4 cm³/mol. The third kappa shape index (κ3) is 1.16. The van der Waals surface area contributed by atoms with Gasteiger partial charge in [0.05, 0.1) is 6.20 Å². The van der Waals surface area contributed by atoms with Gasteiger partial charge in [-0.3, -0.25) is 0 Å². The monoisotopic (exact) mass is 157 g/mol. The van der Waals surface area contributed by atoms with Gasteiger partial charge in [0.1, 0.15) is 5.82 Å². The molecule has 54 valence electrons. The minimum absolute atomic E-state index is 0.208. The number of hydrogen-bond donors (Lipinski definition) is 1. The molecule has 1 aromatic heterocycles. The Morgan fingerprint density at radius 1 is 1.80 bits per heavy atom. The van der Waals surface area contributed by atoms with Gasteiger partial charge in [0, 0.05) is 6.07 Å². The Bertz CT molecular complexity index is 284. The normalized spacial score (nSPS) is 9.60. The molecule has 0 radical (unpaired) electrons. The molecule has 6 heteroatoms. The average molecular weight is 157 g/mol. The lowest BCUT2D eigenvalue weighted by molar-refractivity contribution is 0.281. The lowest BCUT2D eigenvalue weighted by atomic mass is 10.6. The number of nitrogen functional groups attached to an aromatic ring is 1. The molecule has 0 aliphatic heterocycles. The van der Waals surface area contributed by atoms with E-state index in [2.05, 4.69) is 4.98 Å². The van der Waals surface area contributed by atoms with Crippen molar-refractivity contribution in [3.05, 3.63) is 22.7 Å². The van der Waals surface area contributed by atoms with Gasteiger partial charge in [-0.1, -0.05) is 0 Å². The van der Waals surface area contributed by atoms with Crippen molar-refractivity contribution in [2.45, 2.75) is 0 Å². The molecule has 1 rings (SSSR count). The molecule has 5 nitrogen and oxygen atoms in total. The number of anilines is 1. The van der Waals surface area contributed by atoms with Crippen LogP contribution in [0.1, 0.15) is 0 Å². The summed E-state index contributed by atoms with van der Waals surface area (Å²) in [4.78, 5) is 14.2. The van der Waals surface area contributed by atoms with Crippen molar-refractivity contribution in [3.63, 3.8) is 0 Å². The molecule has 1 heterocycles. The van der Waals surface area contributed by atoms with Crippen molar-refractivity contribution in [2.24, 2.45) is 0 Å². The number of nitrogens with zero attached hydrogens (tertiary/aromatic N) is 2. The Morgan fingerprint density at radius 2 is 2.50 bits per heavy atom. The average Bonchev–Trinajstić information content (AvgIpc) is 1.88. The minimum Gasteiger partial charge on any atom is -0.478 e. The molecule has 0 saturated heterocycles. The van der Waals surface area contributed by atoms with Gasteiger partial charge in [0.15, 0.2) is 0 Å². The van der Waals surface area contributed by atoms with Crippen molar-refractivity contribution in [1.82, 2.24) is 9.71 Å². The fourth-order valence-corrected chi connectivity index (χ4v) is 0.822. The van der Waals surface area contributed by atoms with Crippen LogP contribution in [0.5, 0.6) is 0 Å². The highest BCUT2D eigenvalue weighted by atomic mass is 28.2. The molecular formula is C4H7N3O2Si. The van der Waals surface area contributed by atoms with Gasteiger partial charge in [-0.05, 0) is 0 Å². The summed E-state index contributed by atoms with van der Waals surface area (Å²) in [5, 5.41) is 0. The summed E-state index contributed by atoms with van der Waals surface area (Å²) in [5.41, 5.74) is 4.74. The Morgan fingerprint density at radius 3 is 3.00 bits per heavy atom. The number of hydrogen-bond acceptors (Lipinski definition) is 4. The quantitative estimate of drug-likeness (QED) is 0.459. The smallest absolute Gasteiger partial charge is 0.380 e. The Kier molecular flexibility index (Phi) is 1.72. The lowest BCUT2D eigenvalue weighted by Gasteiger charge is -2.00. The first-order valence-corrected chi connectivity index (χ1v) is 3.45. The standard InChI is InChI=1S/C4H7N3O2Si/c5-3-1-2-7(9-10)4(8)6-3/h1-2H,10H3,(H2,5,6,8). The van der Waals surface area contributed by atoms with Crippen LogP contribution in [0.25, 0.3) is 0 Å². The maximum absolute atomic E-state index is 10.7. The molecule has 0 aliphatic carbocycles. The maximum atomic E-state index is 10.7. The molecule has 1 aromatic rings. The van der Waals surface area contributed by atoms with E-state index in [0.717, 1.165) is 4.73 Å². The van der Waals surface area contributed by atoms with Crippen molar-refractivity contribution >= 4 is 16.3 Å². The van der Waals surface area contributed by atoms with E-state index in [1.807, 2.05) is 0 Å². The minimum atomic E-state index is -0.477. The summed E-state index contributed by atoms with van der Waals surface area (Å²) < 4.78 is 5.77. The molecular weight excluding hydrogens is 150 g/mol. The van der Waals surface area contributed by atoms with Crippen LogP contribution in [0.4, 0.5) is 5.82 Å². The zero-order chi connectivity index (χ0) is 7.56. The van der Waals surface area contributed by atoms with Gasteiger partial charge in [-0.2, -0.15) is 9.71 Å². The number of nitrogens with two attached hydrogens (primary N) is 1. The molecule has 0 atom stereocenters.